The number of aliphatic hydroxyl groups is 1. The standard InChI is InChI=1S/C21H32N2O3S/c1-15-11-19-12-17(7-8-20(19)23(15)27(2,25)26)21(24)14-22-10-9-16-5-3-4-6-18(16)13-22/h7-8,12,15-16,18,21,24H,3-6,9-11,13-14H2,1-2H3/t15-,16-,18-,21-/m1/s1. The molecule has 1 N–H and O–H groups in total. The van der Waals surface area contributed by atoms with Crippen LogP contribution in [0.5, 0.6) is 0 Å². The normalized spacial score (nSPS) is 30.0. The smallest absolute Gasteiger partial charge is 0.232 e. The minimum atomic E-state index is -3.27. The Morgan fingerprint density at radius 3 is 2.67 bits per heavy atom. The van der Waals surface area contributed by atoms with Crippen LogP contribution in [0.1, 0.15) is 56.3 Å². The molecule has 0 spiro atoms. The van der Waals surface area contributed by atoms with E-state index in [1.165, 1.54) is 42.7 Å². The van der Waals surface area contributed by atoms with E-state index in [1.54, 1.807) is 0 Å². The molecule has 0 unspecified atom stereocenters. The number of nitrogens with zero attached hydrogens (tertiary/aromatic N) is 2. The van der Waals surface area contributed by atoms with Gasteiger partial charge in [-0.1, -0.05) is 31.4 Å². The van der Waals surface area contributed by atoms with Gasteiger partial charge in [-0.05, 0) is 61.8 Å². The summed E-state index contributed by atoms with van der Waals surface area (Å²) in [6, 6.07) is 5.71. The summed E-state index contributed by atoms with van der Waals surface area (Å²) in [6.07, 6.45) is 8.20. The largest absolute Gasteiger partial charge is 0.387 e. The zero-order chi connectivity index (χ0) is 19.2. The number of β-amino-alcohol motifs (C(OH)–C–C–N with tert-alkyl or cyclic N) is 1. The molecule has 27 heavy (non-hydrogen) atoms. The van der Waals surface area contributed by atoms with Crippen LogP contribution >= 0.6 is 0 Å². The first-order chi connectivity index (χ1) is 12.8. The molecule has 4 atom stereocenters. The van der Waals surface area contributed by atoms with Gasteiger partial charge in [0.1, 0.15) is 0 Å². The first kappa shape index (κ1) is 19.2. The molecule has 2 heterocycles. The van der Waals surface area contributed by atoms with E-state index in [0.717, 1.165) is 41.7 Å². The van der Waals surface area contributed by atoms with E-state index >= 15 is 0 Å². The molecule has 5 nitrogen and oxygen atoms in total. The van der Waals surface area contributed by atoms with Crippen LogP contribution in [-0.2, 0) is 16.4 Å². The van der Waals surface area contributed by atoms with Gasteiger partial charge in [0.05, 0.1) is 18.0 Å². The van der Waals surface area contributed by atoms with Crippen LogP contribution in [0.3, 0.4) is 0 Å². The number of sulfonamides is 1. The molecule has 2 aliphatic heterocycles. The fourth-order valence-electron chi connectivity index (χ4n) is 5.53. The quantitative estimate of drug-likeness (QED) is 0.856. The predicted molar refractivity (Wildman–Crippen MR) is 108 cm³/mol. The van der Waals surface area contributed by atoms with E-state index in [4.69, 9.17) is 0 Å². The molecule has 1 aliphatic carbocycles. The molecule has 0 aromatic heterocycles. The average molecular weight is 393 g/mol. The third-order valence-electron chi connectivity index (χ3n) is 6.81. The lowest BCUT2D eigenvalue weighted by atomic mass is 9.75. The lowest BCUT2D eigenvalue weighted by molar-refractivity contribution is 0.0459. The Kier molecular flexibility index (Phi) is 5.25. The molecular formula is C21H32N2O3S. The van der Waals surface area contributed by atoms with E-state index < -0.39 is 16.1 Å². The molecule has 6 heteroatoms. The van der Waals surface area contributed by atoms with Crippen molar-refractivity contribution in [3.05, 3.63) is 29.3 Å². The van der Waals surface area contributed by atoms with Crippen molar-refractivity contribution in [2.75, 3.05) is 30.2 Å². The number of fused-ring (bicyclic) bond motifs is 2. The number of hydrogen-bond acceptors (Lipinski definition) is 4. The summed E-state index contributed by atoms with van der Waals surface area (Å²) in [5.74, 6) is 1.71. The summed E-state index contributed by atoms with van der Waals surface area (Å²) in [6.45, 7) is 4.81. The lowest BCUT2D eigenvalue weighted by Crippen LogP contribution is -2.43. The van der Waals surface area contributed by atoms with E-state index in [-0.39, 0.29) is 6.04 Å². The second kappa shape index (κ2) is 7.37. The molecule has 1 saturated carbocycles. The van der Waals surface area contributed by atoms with Crippen LogP contribution in [0, 0.1) is 11.8 Å². The molecule has 2 fully saturated rings. The number of hydrogen-bond donors (Lipinski definition) is 1. The number of piperidine rings is 1. The Morgan fingerprint density at radius 1 is 1.19 bits per heavy atom. The van der Waals surface area contributed by atoms with Crippen LogP contribution in [0.4, 0.5) is 5.69 Å². The summed E-state index contributed by atoms with van der Waals surface area (Å²) >= 11 is 0. The third kappa shape index (κ3) is 3.89. The molecule has 0 amide bonds. The van der Waals surface area contributed by atoms with Crippen molar-refractivity contribution in [1.82, 2.24) is 4.90 Å². The Labute approximate surface area is 163 Å². The second-order valence-electron chi connectivity index (χ2n) is 8.87. The zero-order valence-electron chi connectivity index (χ0n) is 16.5. The van der Waals surface area contributed by atoms with Gasteiger partial charge in [-0.25, -0.2) is 8.42 Å². The van der Waals surface area contributed by atoms with Crippen molar-refractivity contribution in [2.45, 2.75) is 57.6 Å². The number of benzene rings is 1. The molecule has 0 radical (unpaired) electrons. The summed E-state index contributed by atoms with van der Waals surface area (Å²) in [7, 11) is -3.27. The fourth-order valence-corrected chi connectivity index (χ4v) is 6.79. The monoisotopic (exact) mass is 392 g/mol. The minimum absolute atomic E-state index is 0.0623. The van der Waals surface area contributed by atoms with Crippen molar-refractivity contribution in [3.8, 4) is 0 Å². The van der Waals surface area contributed by atoms with Gasteiger partial charge >= 0.3 is 0 Å². The topological polar surface area (TPSA) is 60.9 Å². The Hall–Kier alpha value is -1.11. The van der Waals surface area contributed by atoms with Gasteiger partial charge in [-0.15, -0.1) is 0 Å². The van der Waals surface area contributed by atoms with Crippen LogP contribution in [0.2, 0.25) is 0 Å². The lowest BCUT2D eigenvalue weighted by Gasteiger charge is -2.41. The molecule has 3 aliphatic rings. The van der Waals surface area contributed by atoms with Gasteiger partial charge in [0, 0.05) is 19.1 Å². The predicted octanol–water partition coefficient (Wildman–Crippen LogP) is 2.94. The Bertz CT molecular complexity index is 795. The number of aliphatic hydroxyl groups excluding tert-OH is 1. The molecule has 1 aromatic rings. The maximum Gasteiger partial charge on any atom is 0.232 e. The van der Waals surface area contributed by atoms with Crippen molar-refractivity contribution in [1.29, 1.82) is 0 Å². The van der Waals surface area contributed by atoms with Crippen molar-refractivity contribution >= 4 is 15.7 Å². The van der Waals surface area contributed by atoms with Gasteiger partial charge < -0.3 is 10.0 Å². The van der Waals surface area contributed by atoms with Crippen LogP contribution < -0.4 is 4.31 Å². The molecule has 150 valence electrons. The molecular weight excluding hydrogens is 360 g/mol. The molecule has 1 saturated heterocycles. The van der Waals surface area contributed by atoms with E-state index in [0.29, 0.717) is 13.0 Å². The van der Waals surface area contributed by atoms with E-state index in [9.17, 15) is 13.5 Å². The van der Waals surface area contributed by atoms with Gasteiger partial charge in [0.25, 0.3) is 0 Å². The maximum atomic E-state index is 12.1. The van der Waals surface area contributed by atoms with Crippen molar-refractivity contribution < 1.29 is 13.5 Å². The fraction of sp³-hybridized carbons (Fsp3) is 0.714. The highest BCUT2D eigenvalue weighted by molar-refractivity contribution is 7.92. The van der Waals surface area contributed by atoms with Crippen LogP contribution in [0.25, 0.3) is 0 Å². The maximum absolute atomic E-state index is 12.1. The first-order valence-electron chi connectivity index (χ1n) is 10.4. The summed E-state index contributed by atoms with van der Waals surface area (Å²) in [4.78, 5) is 2.43. The van der Waals surface area contributed by atoms with Crippen molar-refractivity contribution in [3.63, 3.8) is 0 Å². The third-order valence-corrected chi connectivity index (χ3v) is 8.08. The highest BCUT2D eigenvalue weighted by Gasteiger charge is 2.34. The Balaban J connectivity index is 1.44. The highest BCUT2D eigenvalue weighted by Crippen LogP contribution is 2.38. The average Bonchev–Trinajstić information content (AvgIpc) is 2.96. The number of anilines is 1. The second-order valence-corrected chi connectivity index (χ2v) is 10.7. The summed E-state index contributed by atoms with van der Waals surface area (Å²) < 4.78 is 25.7. The van der Waals surface area contributed by atoms with Crippen molar-refractivity contribution in [2.24, 2.45) is 11.8 Å². The zero-order valence-corrected chi connectivity index (χ0v) is 17.3. The molecule has 1 aromatic carbocycles. The first-order valence-corrected chi connectivity index (χ1v) is 12.2. The molecule has 0 bridgehead atoms. The van der Waals surface area contributed by atoms with Gasteiger partial charge in [-0.3, -0.25) is 4.31 Å². The number of rotatable bonds is 4. The summed E-state index contributed by atoms with van der Waals surface area (Å²) in [5.41, 5.74) is 2.70. The van der Waals surface area contributed by atoms with E-state index in [1.807, 2.05) is 25.1 Å². The van der Waals surface area contributed by atoms with Crippen LogP contribution in [0.15, 0.2) is 18.2 Å². The SMILES string of the molecule is C[C@@H]1Cc2cc([C@H](O)CN3CC[C@H]4CCCC[C@@H]4C3)ccc2N1S(C)(=O)=O. The van der Waals surface area contributed by atoms with E-state index in [2.05, 4.69) is 4.90 Å². The van der Waals surface area contributed by atoms with Gasteiger partial charge in [0.15, 0.2) is 0 Å². The van der Waals surface area contributed by atoms with Gasteiger partial charge in [-0.2, -0.15) is 0 Å². The minimum Gasteiger partial charge on any atom is -0.387 e. The van der Waals surface area contributed by atoms with Crippen LogP contribution in [-0.4, -0.2) is 50.4 Å². The summed E-state index contributed by atoms with van der Waals surface area (Å²) in [5, 5.41) is 10.8. The highest BCUT2D eigenvalue weighted by atomic mass is 32.2. The Morgan fingerprint density at radius 2 is 1.93 bits per heavy atom. The van der Waals surface area contributed by atoms with Gasteiger partial charge in [0.2, 0.25) is 10.0 Å². The number of likely N-dealkylation sites (tertiary alicyclic amines) is 1. The molecule has 4 rings (SSSR count).